The van der Waals surface area contributed by atoms with Gasteiger partial charge in [0.25, 0.3) is 0 Å². The smallest absolute Gasteiger partial charge is 0.344 e. The van der Waals surface area contributed by atoms with Crippen molar-refractivity contribution in [1.82, 2.24) is 0 Å². The molecule has 0 heterocycles. The van der Waals surface area contributed by atoms with Gasteiger partial charge in [-0.2, -0.15) is 0 Å². The maximum Gasteiger partial charge on any atom is 0.344 e. The molecule has 0 aliphatic heterocycles. The Morgan fingerprint density at radius 3 is 2.71 bits per heavy atom. The molecule has 0 fully saturated rings. The van der Waals surface area contributed by atoms with Crippen LogP contribution in [0.4, 0.5) is 0 Å². The van der Waals surface area contributed by atoms with E-state index in [4.69, 9.17) is 9.84 Å². The lowest BCUT2D eigenvalue weighted by atomic mass is 10.1. The molecule has 0 saturated carbocycles. The van der Waals surface area contributed by atoms with Crippen molar-refractivity contribution in [3.63, 3.8) is 0 Å². The van der Waals surface area contributed by atoms with Crippen molar-refractivity contribution in [3.8, 4) is 5.75 Å². The van der Waals surface area contributed by atoms with Gasteiger partial charge in [0.1, 0.15) is 5.75 Å². The minimum atomic E-state index is -0.976. The number of hydrogen-bond acceptors (Lipinski definition) is 3. The zero-order valence-electron chi connectivity index (χ0n) is 10.1. The second-order valence-corrected chi connectivity index (χ2v) is 4.00. The number of carboxylic acid groups (broad SMARTS) is 1. The van der Waals surface area contributed by atoms with Gasteiger partial charge >= 0.3 is 5.97 Å². The fourth-order valence-corrected chi connectivity index (χ4v) is 1.60. The van der Waals surface area contributed by atoms with Gasteiger partial charge in [0, 0.05) is 5.56 Å². The lowest BCUT2D eigenvalue weighted by Gasteiger charge is -2.16. The zero-order chi connectivity index (χ0) is 12.8. The zero-order valence-corrected chi connectivity index (χ0v) is 10.1. The van der Waals surface area contributed by atoms with Crippen LogP contribution in [0.15, 0.2) is 18.2 Å². The summed E-state index contributed by atoms with van der Waals surface area (Å²) >= 11 is 0. The second-order valence-electron chi connectivity index (χ2n) is 4.00. The molecule has 0 aromatic heterocycles. The van der Waals surface area contributed by atoms with Gasteiger partial charge in [-0.1, -0.05) is 31.0 Å². The second kappa shape index (κ2) is 6.25. The summed E-state index contributed by atoms with van der Waals surface area (Å²) in [5.74, 6) is -0.532. The van der Waals surface area contributed by atoms with Crippen LogP contribution < -0.4 is 4.74 Å². The van der Waals surface area contributed by atoms with E-state index in [1.807, 2.05) is 19.9 Å². The summed E-state index contributed by atoms with van der Waals surface area (Å²) in [5, 5.41) is 18.2. The molecule has 4 nitrogen and oxygen atoms in total. The van der Waals surface area contributed by atoms with Gasteiger partial charge in [0.2, 0.25) is 0 Å². The van der Waals surface area contributed by atoms with E-state index in [-0.39, 0.29) is 6.61 Å². The highest BCUT2D eigenvalue weighted by molar-refractivity contribution is 5.72. The summed E-state index contributed by atoms with van der Waals surface area (Å²) < 4.78 is 5.43. The third kappa shape index (κ3) is 3.75. The SMILES string of the molecule is CCCC(Oc1ccc(C)cc1CO)C(=O)O. The first-order valence-corrected chi connectivity index (χ1v) is 5.68. The Balaban J connectivity index is 2.88. The van der Waals surface area contributed by atoms with E-state index in [9.17, 15) is 9.90 Å². The van der Waals surface area contributed by atoms with Gasteiger partial charge in [-0.25, -0.2) is 4.79 Å². The van der Waals surface area contributed by atoms with E-state index < -0.39 is 12.1 Å². The van der Waals surface area contributed by atoms with Crippen molar-refractivity contribution in [2.75, 3.05) is 0 Å². The van der Waals surface area contributed by atoms with Crippen molar-refractivity contribution >= 4 is 5.97 Å². The normalized spacial score (nSPS) is 12.2. The predicted octanol–water partition coefficient (Wildman–Crippen LogP) is 2.12. The van der Waals surface area contributed by atoms with Gasteiger partial charge in [-0.15, -0.1) is 0 Å². The highest BCUT2D eigenvalue weighted by Gasteiger charge is 2.19. The van der Waals surface area contributed by atoms with E-state index in [1.54, 1.807) is 12.1 Å². The monoisotopic (exact) mass is 238 g/mol. The Bertz CT molecular complexity index is 387. The van der Waals surface area contributed by atoms with Crippen LogP contribution in [0.2, 0.25) is 0 Å². The Morgan fingerprint density at radius 1 is 1.47 bits per heavy atom. The molecule has 0 radical (unpaired) electrons. The third-order valence-electron chi connectivity index (χ3n) is 2.48. The number of hydrogen-bond donors (Lipinski definition) is 2. The van der Waals surface area contributed by atoms with E-state index in [0.29, 0.717) is 17.7 Å². The van der Waals surface area contributed by atoms with Gasteiger partial charge in [-0.3, -0.25) is 0 Å². The molecule has 1 aromatic carbocycles. The molecule has 0 spiro atoms. The molecule has 0 amide bonds. The highest BCUT2D eigenvalue weighted by atomic mass is 16.5. The molecule has 1 unspecified atom stereocenters. The van der Waals surface area contributed by atoms with Crippen LogP contribution in [0.1, 0.15) is 30.9 Å². The standard InChI is InChI=1S/C13H18O4/c1-3-4-12(13(15)16)17-11-6-5-9(2)7-10(11)8-14/h5-7,12,14H,3-4,8H2,1-2H3,(H,15,16). The maximum atomic E-state index is 11.0. The summed E-state index contributed by atoms with van der Waals surface area (Å²) in [6.45, 7) is 3.65. The Hall–Kier alpha value is -1.55. The molecule has 1 rings (SSSR count). The molecular formula is C13H18O4. The molecule has 2 N–H and O–H groups in total. The fraction of sp³-hybridized carbons (Fsp3) is 0.462. The van der Waals surface area contributed by atoms with Crippen LogP contribution in [-0.2, 0) is 11.4 Å². The van der Waals surface area contributed by atoms with Crippen molar-refractivity contribution in [2.45, 2.75) is 39.4 Å². The van der Waals surface area contributed by atoms with E-state index in [2.05, 4.69) is 0 Å². The number of ether oxygens (including phenoxy) is 1. The number of aliphatic carboxylic acids is 1. The van der Waals surface area contributed by atoms with E-state index in [1.165, 1.54) is 0 Å². The predicted molar refractivity (Wildman–Crippen MR) is 64.1 cm³/mol. The van der Waals surface area contributed by atoms with E-state index in [0.717, 1.165) is 12.0 Å². The number of carbonyl (C=O) groups is 1. The summed E-state index contributed by atoms with van der Waals surface area (Å²) in [7, 11) is 0. The molecule has 1 aromatic rings. The number of aliphatic hydroxyl groups excluding tert-OH is 1. The van der Waals surface area contributed by atoms with Crippen molar-refractivity contribution in [2.24, 2.45) is 0 Å². The molecule has 17 heavy (non-hydrogen) atoms. The molecule has 94 valence electrons. The van der Waals surface area contributed by atoms with Gasteiger partial charge in [0.15, 0.2) is 6.10 Å². The molecule has 4 heteroatoms. The average molecular weight is 238 g/mol. The van der Waals surface area contributed by atoms with E-state index >= 15 is 0 Å². The maximum absolute atomic E-state index is 11.0. The molecule has 0 aliphatic carbocycles. The quantitative estimate of drug-likeness (QED) is 0.796. The van der Waals surface area contributed by atoms with Gasteiger partial charge in [-0.05, 0) is 19.4 Å². The van der Waals surface area contributed by atoms with Crippen molar-refractivity contribution < 1.29 is 19.7 Å². The minimum absolute atomic E-state index is 0.157. The number of carboxylic acids is 1. The largest absolute Gasteiger partial charge is 0.479 e. The van der Waals surface area contributed by atoms with Crippen LogP contribution in [0.25, 0.3) is 0 Å². The third-order valence-corrected chi connectivity index (χ3v) is 2.48. The first-order valence-electron chi connectivity index (χ1n) is 5.68. The minimum Gasteiger partial charge on any atom is -0.479 e. The fourth-order valence-electron chi connectivity index (χ4n) is 1.60. The van der Waals surface area contributed by atoms with Crippen molar-refractivity contribution in [3.05, 3.63) is 29.3 Å². The van der Waals surface area contributed by atoms with Crippen molar-refractivity contribution in [1.29, 1.82) is 0 Å². The molecule has 0 aliphatic rings. The first kappa shape index (κ1) is 13.5. The molecule has 0 saturated heterocycles. The Morgan fingerprint density at radius 2 is 2.18 bits per heavy atom. The number of benzene rings is 1. The number of rotatable bonds is 6. The van der Waals surface area contributed by atoms with Crippen LogP contribution >= 0.6 is 0 Å². The lowest BCUT2D eigenvalue weighted by Crippen LogP contribution is -2.27. The van der Waals surface area contributed by atoms with Gasteiger partial charge in [0.05, 0.1) is 6.61 Å². The average Bonchev–Trinajstić information content (AvgIpc) is 2.30. The topological polar surface area (TPSA) is 66.8 Å². The Kier molecular flexibility index (Phi) is 4.97. The summed E-state index contributed by atoms with van der Waals surface area (Å²) in [5.41, 5.74) is 1.62. The first-order chi connectivity index (χ1) is 8.08. The highest BCUT2D eigenvalue weighted by Crippen LogP contribution is 2.22. The Labute approximate surface area is 101 Å². The van der Waals surface area contributed by atoms with Gasteiger partial charge < -0.3 is 14.9 Å². The van der Waals surface area contributed by atoms with Crippen LogP contribution in [0.3, 0.4) is 0 Å². The number of aliphatic hydroxyl groups is 1. The number of aryl methyl sites for hydroxylation is 1. The van der Waals surface area contributed by atoms with Crippen LogP contribution in [0, 0.1) is 6.92 Å². The summed E-state index contributed by atoms with van der Waals surface area (Å²) in [4.78, 5) is 11.0. The van der Waals surface area contributed by atoms with Crippen LogP contribution in [0.5, 0.6) is 5.75 Å². The summed E-state index contributed by atoms with van der Waals surface area (Å²) in [6.07, 6.45) is 0.332. The molecule has 1 atom stereocenters. The van der Waals surface area contributed by atoms with Crippen LogP contribution in [-0.4, -0.2) is 22.3 Å². The molecular weight excluding hydrogens is 220 g/mol. The summed E-state index contributed by atoms with van der Waals surface area (Å²) in [6, 6.07) is 5.33. The lowest BCUT2D eigenvalue weighted by molar-refractivity contribution is -0.145. The molecule has 0 bridgehead atoms.